The third kappa shape index (κ3) is 4.17. The Morgan fingerprint density at radius 3 is 2.50 bits per heavy atom. The summed E-state index contributed by atoms with van der Waals surface area (Å²) >= 11 is 6.03. The molecule has 2 N–H and O–H groups in total. The lowest BCUT2D eigenvalue weighted by Crippen LogP contribution is -2.21. The number of anilines is 1. The Labute approximate surface area is 154 Å². The predicted octanol–water partition coefficient (Wildman–Crippen LogP) is 3.95. The molecule has 7 heteroatoms. The lowest BCUT2D eigenvalue weighted by atomic mass is 10.1. The van der Waals surface area contributed by atoms with Crippen molar-refractivity contribution < 1.29 is 14.0 Å². The Morgan fingerprint density at radius 1 is 0.962 bits per heavy atom. The second kappa shape index (κ2) is 8.13. The van der Waals surface area contributed by atoms with Crippen molar-refractivity contribution in [2.24, 2.45) is 5.10 Å². The molecule has 2 amide bonds. The first-order valence-corrected chi connectivity index (χ1v) is 8.05. The summed E-state index contributed by atoms with van der Waals surface area (Å²) in [6.45, 7) is 0. The summed E-state index contributed by atoms with van der Waals surface area (Å²) in [7, 11) is 0. The van der Waals surface area contributed by atoms with E-state index in [-0.39, 0.29) is 11.3 Å². The molecule has 0 fully saturated rings. The van der Waals surface area contributed by atoms with E-state index in [4.69, 9.17) is 16.0 Å². The molecule has 0 saturated heterocycles. The maximum absolute atomic E-state index is 12.4. The number of amides is 2. The van der Waals surface area contributed by atoms with Gasteiger partial charge in [0.15, 0.2) is 5.76 Å². The highest BCUT2D eigenvalue weighted by molar-refractivity contribution is 6.33. The topological polar surface area (TPSA) is 83.7 Å². The van der Waals surface area contributed by atoms with Gasteiger partial charge in [-0.2, -0.15) is 5.10 Å². The van der Waals surface area contributed by atoms with Gasteiger partial charge in [-0.05, 0) is 30.3 Å². The second-order valence-corrected chi connectivity index (χ2v) is 5.60. The first-order chi connectivity index (χ1) is 12.6. The zero-order valence-electron chi connectivity index (χ0n) is 13.5. The molecule has 0 unspecified atom stereocenters. The molecule has 2 aromatic carbocycles. The second-order valence-electron chi connectivity index (χ2n) is 5.20. The van der Waals surface area contributed by atoms with E-state index in [1.54, 1.807) is 48.5 Å². The highest BCUT2D eigenvalue weighted by Gasteiger charge is 2.15. The van der Waals surface area contributed by atoms with Crippen LogP contribution in [0.5, 0.6) is 0 Å². The Hall–Kier alpha value is -3.38. The van der Waals surface area contributed by atoms with Crippen LogP contribution in [-0.2, 0) is 0 Å². The standard InChI is InChI=1S/C19H14ClN3O3/c20-15-8-3-1-6-13(15)12-21-23-18(24)14-7-2-4-9-16(14)22-19(25)17-10-5-11-26-17/h1-12H,(H,22,25)(H,23,24)/b21-12-. The molecular weight excluding hydrogens is 354 g/mol. The average molecular weight is 368 g/mol. The van der Waals surface area contributed by atoms with Crippen LogP contribution >= 0.6 is 11.6 Å². The maximum Gasteiger partial charge on any atom is 0.291 e. The normalized spacial score (nSPS) is 10.7. The summed E-state index contributed by atoms with van der Waals surface area (Å²) in [4.78, 5) is 24.5. The molecule has 130 valence electrons. The molecule has 0 aliphatic rings. The molecule has 6 nitrogen and oxygen atoms in total. The van der Waals surface area contributed by atoms with E-state index < -0.39 is 11.8 Å². The largest absolute Gasteiger partial charge is 0.459 e. The van der Waals surface area contributed by atoms with E-state index in [9.17, 15) is 9.59 Å². The average Bonchev–Trinajstić information content (AvgIpc) is 3.18. The first kappa shape index (κ1) is 17.4. The summed E-state index contributed by atoms with van der Waals surface area (Å²) in [5.41, 5.74) is 3.71. The van der Waals surface area contributed by atoms with Crippen LogP contribution in [0.3, 0.4) is 0 Å². The molecule has 1 heterocycles. The van der Waals surface area contributed by atoms with Crippen molar-refractivity contribution in [1.82, 2.24) is 5.43 Å². The number of benzene rings is 2. The van der Waals surface area contributed by atoms with Gasteiger partial charge in [0.1, 0.15) is 0 Å². The van der Waals surface area contributed by atoms with Crippen LogP contribution in [0.2, 0.25) is 5.02 Å². The highest BCUT2D eigenvalue weighted by atomic mass is 35.5. The molecule has 0 atom stereocenters. The van der Waals surface area contributed by atoms with Crippen molar-refractivity contribution in [3.8, 4) is 0 Å². The van der Waals surface area contributed by atoms with Crippen molar-refractivity contribution in [1.29, 1.82) is 0 Å². The van der Waals surface area contributed by atoms with E-state index in [1.165, 1.54) is 18.5 Å². The lowest BCUT2D eigenvalue weighted by Gasteiger charge is -2.08. The van der Waals surface area contributed by atoms with E-state index in [0.717, 1.165) is 0 Å². The third-order valence-corrected chi connectivity index (χ3v) is 3.78. The molecule has 3 aromatic rings. The van der Waals surface area contributed by atoms with Crippen LogP contribution in [0, 0.1) is 0 Å². The fourth-order valence-electron chi connectivity index (χ4n) is 2.18. The van der Waals surface area contributed by atoms with Crippen molar-refractivity contribution >= 4 is 35.3 Å². The van der Waals surface area contributed by atoms with Gasteiger partial charge in [0.2, 0.25) is 0 Å². The highest BCUT2D eigenvalue weighted by Crippen LogP contribution is 2.17. The summed E-state index contributed by atoms with van der Waals surface area (Å²) < 4.78 is 5.04. The monoisotopic (exact) mass is 367 g/mol. The van der Waals surface area contributed by atoms with Gasteiger partial charge in [0.05, 0.1) is 23.7 Å². The van der Waals surface area contributed by atoms with Crippen molar-refractivity contribution in [2.45, 2.75) is 0 Å². The van der Waals surface area contributed by atoms with Crippen LogP contribution in [0.15, 0.2) is 76.4 Å². The molecule has 26 heavy (non-hydrogen) atoms. The van der Waals surface area contributed by atoms with Crippen molar-refractivity contribution in [3.63, 3.8) is 0 Å². The Bertz CT molecular complexity index is 952. The molecular formula is C19H14ClN3O3. The van der Waals surface area contributed by atoms with E-state index in [0.29, 0.717) is 16.3 Å². The van der Waals surface area contributed by atoms with Gasteiger partial charge in [0, 0.05) is 10.6 Å². The van der Waals surface area contributed by atoms with Crippen LogP contribution in [0.4, 0.5) is 5.69 Å². The fourth-order valence-corrected chi connectivity index (χ4v) is 2.37. The number of hydrogen-bond acceptors (Lipinski definition) is 4. The van der Waals surface area contributed by atoms with Gasteiger partial charge < -0.3 is 9.73 Å². The quantitative estimate of drug-likeness (QED) is 0.529. The third-order valence-electron chi connectivity index (χ3n) is 3.44. The van der Waals surface area contributed by atoms with Crippen LogP contribution < -0.4 is 10.7 Å². The van der Waals surface area contributed by atoms with Gasteiger partial charge in [-0.25, -0.2) is 5.43 Å². The molecule has 1 aromatic heterocycles. The minimum absolute atomic E-state index is 0.150. The Morgan fingerprint density at radius 2 is 1.73 bits per heavy atom. The number of carbonyl (C=O) groups excluding carboxylic acids is 2. The molecule has 0 saturated carbocycles. The number of nitrogens with one attached hydrogen (secondary N) is 2. The van der Waals surface area contributed by atoms with Crippen LogP contribution in [0.25, 0.3) is 0 Å². The van der Waals surface area contributed by atoms with E-state index >= 15 is 0 Å². The van der Waals surface area contributed by atoms with E-state index in [1.807, 2.05) is 6.07 Å². The number of nitrogens with zero attached hydrogens (tertiary/aromatic N) is 1. The van der Waals surface area contributed by atoms with Gasteiger partial charge in [0.25, 0.3) is 11.8 Å². The number of hydrogen-bond donors (Lipinski definition) is 2. The zero-order chi connectivity index (χ0) is 18.4. The molecule has 0 radical (unpaired) electrons. The SMILES string of the molecule is O=C(Nc1ccccc1C(=O)N/N=C\c1ccccc1Cl)c1ccco1. The molecule has 0 aliphatic carbocycles. The molecule has 3 rings (SSSR count). The van der Waals surface area contributed by atoms with E-state index in [2.05, 4.69) is 15.8 Å². The van der Waals surface area contributed by atoms with Gasteiger partial charge in [-0.1, -0.05) is 41.9 Å². The van der Waals surface area contributed by atoms with Gasteiger partial charge >= 0.3 is 0 Å². The number of furan rings is 1. The maximum atomic E-state index is 12.4. The van der Waals surface area contributed by atoms with Crippen molar-refractivity contribution in [3.05, 3.63) is 88.8 Å². The van der Waals surface area contributed by atoms with Crippen LogP contribution in [-0.4, -0.2) is 18.0 Å². The zero-order valence-corrected chi connectivity index (χ0v) is 14.2. The summed E-state index contributed by atoms with van der Waals surface area (Å²) in [5.74, 6) is -0.768. The lowest BCUT2D eigenvalue weighted by molar-refractivity contribution is 0.0956. The number of halogens is 1. The molecule has 0 spiro atoms. The summed E-state index contributed by atoms with van der Waals surface area (Å²) in [6.07, 6.45) is 2.85. The summed E-state index contributed by atoms with van der Waals surface area (Å²) in [5, 5.41) is 7.08. The number of rotatable bonds is 5. The molecule has 0 bridgehead atoms. The molecule has 0 aliphatic heterocycles. The summed E-state index contributed by atoms with van der Waals surface area (Å²) in [6, 6.07) is 16.9. The van der Waals surface area contributed by atoms with Gasteiger partial charge in [-0.3, -0.25) is 9.59 Å². The Kier molecular flexibility index (Phi) is 5.46. The predicted molar refractivity (Wildman–Crippen MR) is 99.6 cm³/mol. The first-order valence-electron chi connectivity index (χ1n) is 7.67. The van der Waals surface area contributed by atoms with Crippen LogP contribution in [0.1, 0.15) is 26.5 Å². The number of hydrazone groups is 1. The number of para-hydroxylation sites is 1. The smallest absolute Gasteiger partial charge is 0.291 e. The minimum Gasteiger partial charge on any atom is -0.459 e. The Balaban J connectivity index is 1.72. The minimum atomic E-state index is -0.469. The van der Waals surface area contributed by atoms with Gasteiger partial charge in [-0.15, -0.1) is 0 Å². The number of carbonyl (C=O) groups is 2. The fraction of sp³-hybridized carbons (Fsp3) is 0. The van der Waals surface area contributed by atoms with Crippen molar-refractivity contribution in [2.75, 3.05) is 5.32 Å².